The normalized spacial score (nSPS) is 23.3. The van der Waals surface area contributed by atoms with Gasteiger partial charge in [0, 0.05) is 37.3 Å². The lowest BCUT2D eigenvalue weighted by atomic mass is 10.1. The number of likely N-dealkylation sites (tertiary alicyclic amines) is 1. The molecule has 2 saturated heterocycles. The fourth-order valence-electron chi connectivity index (χ4n) is 2.64. The van der Waals surface area contributed by atoms with E-state index in [2.05, 4.69) is 4.98 Å². The summed E-state index contributed by atoms with van der Waals surface area (Å²) in [5.74, 6) is 0.435. The second-order valence-corrected chi connectivity index (χ2v) is 5.51. The van der Waals surface area contributed by atoms with E-state index in [9.17, 15) is 9.90 Å². The SMILES string of the molecule is O=C(c1ccnc(OC2CCOC2)c1)N1CCC(O)CC1. The number of rotatable bonds is 3. The summed E-state index contributed by atoms with van der Waals surface area (Å²) in [7, 11) is 0. The predicted molar refractivity (Wildman–Crippen MR) is 75.2 cm³/mol. The summed E-state index contributed by atoms with van der Waals surface area (Å²) >= 11 is 0. The molecule has 21 heavy (non-hydrogen) atoms. The Morgan fingerprint density at radius 3 is 2.90 bits per heavy atom. The molecule has 114 valence electrons. The Hall–Kier alpha value is -1.66. The maximum absolute atomic E-state index is 12.4. The van der Waals surface area contributed by atoms with Crippen molar-refractivity contribution in [3.05, 3.63) is 23.9 Å². The van der Waals surface area contributed by atoms with Crippen LogP contribution < -0.4 is 4.74 Å². The molecule has 6 nitrogen and oxygen atoms in total. The minimum atomic E-state index is -0.284. The van der Waals surface area contributed by atoms with Crippen LogP contribution in [0.1, 0.15) is 29.6 Å². The summed E-state index contributed by atoms with van der Waals surface area (Å²) in [6.07, 6.45) is 3.46. The van der Waals surface area contributed by atoms with Crippen LogP contribution in [0.3, 0.4) is 0 Å². The quantitative estimate of drug-likeness (QED) is 0.894. The molecule has 3 heterocycles. The van der Waals surface area contributed by atoms with Crippen LogP contribution in [0.2, 0.25) is 0 Å². The summed E-state index contributed by atoms with van der Waals surface area (Å²) in [5.41, 5.74) is 0.579. The molecule has 0 aromatic carbocycles. The van der Waals surface area contributed by atoms with Crippen LogP contribution in [-0.2, 0) is 4.74 Å². The monoisotopic (exact) mass is 292 g/mol. The van der Waals surface area contributed by atoms with Crippen LogP contribution in [0.15, 0.2) is 18.3 Å². The molecule has 2 fully saturated rings. The van der Waals surface area contributed by atoms with Crippen molar-refractivity contribution >= 4 is 5.91 Å². The molecule has 3 rings (SSSR count). The Bertz CT molecular complexity index is 494. The Morgan fingerprint density at radius 1 is 1.38 bits per heavy atom. The van der Waals surface area contributed by atoms with Gasteiger partial charge in [-0.15, -0.1) is 0 Å². The number of amides is 1. The van der Waals surface area contributed by atoms with Gasteiger partial charge in [-0.05, 0) is 18.9 Å². The Kier molecular flexibility index (Phi) is 4.36. The largest absolute Gasteiger partial charge is 0.472 e. The molecule has 1 aromatic heterocycles. The van der Waals surface area contributed by atoms with Gasteiger partial charge in [0.2, 0.25) is 5.88 Å². The van der Waals surface area contributed by atoms with Crippen molar-refractivity contribution in [3.63, 3.8) is 0 Å². The van der Waals surface area contributed by atoms with Gasteiger partial charge in [-0.3, -0.25) is 4.79 Å². The van der Waals surface area contributed by atoms with E-state index in [1.807, 2.05) is 0 Å². The fourth-order valence-corrected chi connectivity index (χ4v) is 2.64. The number of aliphatic hydroxyl groups is 1. The summed E-state index contributed by atoms with van der Waals surface area (Å²) in [6.45, 7) is 2.47. The highest BCUT2D eigenvalue weighted by atomic mass is 16.5. The van der Waals surface area contributed by atoms with E-state index in [1.165, 1.54) is 0 Å². The van der Waals surface area contributed by atoms with Gasteiger partial charge >= 0.3 is 0 Å². The van der Waals surface area contributed by atoms with Crippen molar-refractivity contribution in [2.24, 2.45) is 0 Å². The van der Waals surface area contributed by atoms with Crippen molar-refractivity contribution in [2.45, 2.75) is 31.5 Å². The molecule has 6 heteroatoms. The molecule has 0 bridgehead atoms. The average molecular weight is 292 g/mol. The number of ether oxygens (including phenoxy) is 2. The smallest absolute Gasteiger partial charge is 0.254 e. The zero-order valence-electron chi connectivity index (χ0n) is 11.9. The lowest BCUT2D eigenvalue weighted by Gasteiger charge is -2.29. The van der Waals surface area contributed by atoms with Gasteiger partial charge in [0.15, 0.2) is 0 Å². The zero-order chi connectivity index (χ0) is 14.7. The summed E-state index contributed by atoms with van der Waals surface area (Å²) < 4.78 is 11.0. The van der Waals surface area contributed by atoms with Gasteiger partial charge < -0.3 is 19.5 Å². The third-order valence-electron chi connectivity index (χ3n) is 3.91. The molecule has 0 radical (unpaired) electrons. The number of aliphatic hydroxyl groups excluding tert-OH is 1. The fraction of sp³-hybridized carbons (Fsp3) is 0.600. The first kappa shape index (κ1) is 14.3. The average Bonchev–Trinajstić information content (AvgIpc) is 3.00. The topological polar surface area (TPSA) is 71.9 Å². The summed E-state index contributed by atoms with van der Waals surface area (Å²) in [4.78, 5) is 18.4. The van der Waals surface area contributed by atoms with E-state index < -0.39 is 0 Å². The standard InChI is InChI=1S/C15H20N2O4/c18-12-2-6-17(7-3-12)15(19)11-1-5-16-14(9-11)21-13-4-8-20-10-13/h1,5,9,12-13,18H,2-4,6-8,10H2. The Labute approximate surface area is 123 Å². The highest BCUT2D eigenvalue weighted by Crippen LogP contribution is 2.18. The minimum absolute atomic E-state index is 0.0213. The van der Waals surface area contributed by atoms with Crippen molar-refractivity contribution in [1.29, 1.82) is 0 Å². The maximum atomic E-state index is 12.4. The van der Waals surface area contributed by atoms with Crippen molar-refractivity contribution in [2.75, 3.05) is 26.3 Å². The third-order valence-corrected chi connectivity index (χ3v) is 3.91. The number of piperidine rings is 1. The van der Waals surface area contributed by atoms with Crippen LogP contribution >= 0.6 is 0 Å². The number of nitrogens with zero attached hydrogens (tertiary/aromatic N) is 2. The molecule has 1 aromatic rings. The molecule has 1 atom stereocenters. The minimum Gasteiger partial charge on any atom is -0.472 e. The molecule has 1 amide bonds. The van der Waals surface area contributed by atoms with Crippen LogP contribution in [0.5, 0.6) is 5.88 Å². The van der Waals surface area contributed by atoms with Gasteiger partial charge in [-0.25, -0.2) is 4.98 Å². The number of pyridine rings is 1. The number of carbonyl (C=O) groups excluding carboxylic acids is 1. The number of carbonyl (C=O) groups is 1. The third kappa shape index (κ3) is 3.51. The van der Waals surface area contributed by atoms with Gasteiger partial charge in [-0.2, -0.15) is 0 Å². The van der Waals surface area contributed by atoms with E-state index in [-0.39, 0.29) is 18.1 Å². The van der Waals surface area contributed by atoms with Crippen LogP contribution in [0.4, 0.5) is 0 Å². The number of aromatic nitrogens is 1. The van der Waals surface area contributed by atoms with Gasteiger partial charge in [0.25, 0.3) is 5.91 Å². The highest BCUT2D eigenvalue weighted by Gasteiger charge is 2.23. The van der Waals surface area contributed by atoms with Crippen molar-refractivity contribution in [1.82, 2.24) is 9.88 Å². The van der Waals surface area contributed by atoms with Crippen molar-refractivity contribution < 1.29 is 19.4 Å². The maximum Gasteiger partial charge on any atom is 0.254 e. The first-order chi connectivity index (χ1) is 10.2. The van der Waals surface area contributed by atoms with E-state index in [0.29, 0.717) is 50.6 Å². The molecular weight excluding hydrogens is 272 g/mol. The Morgan fingerprint density at radius 2 is 2.19 bits per heavy atom. The van der Waals surface area contributed by atoms with E-state index in [0.717, 1.165) is 6.42 Å². The molecule has 0 spiro atoms. The van der Waals surface area contributed by atoms with Gasteiger partial charge in [-0.1, -0.05) is 0 Å². The number of hydrogen-bond acceptors (Lipinski definition) is 5. The molecule has 0 aliphatic carbocycles. The van der Waals surface area contributed by atoms with Crippen LogP contribution in [0.25, 0.3) is 0 Å². The summed E-state index contributed by atoms with van der Waals surface area (Å²) in [6, 6.07) is 3.39. The molecule has 2 aliphatic rings. The zero-order valence-corrected chi connectivity index (χ0v) is 11.9. The second-order valence-electron chi connectivity index (χ2n) is 5.51. The predicted octanol–water partition coefficient (Wildman–Crippen LogP) is 0.846. The van der Waals surface area contributed by atoms with E-state index in [1.54, 1.807) is 23.2 Å². The van der Waals surface area contributed by atoms with E-state index in [4.69, 9.17) is 9.47 Å². The lowest BCUT2D eigenvalue weighted by Crippen LogP contribution is -2.40. The van der Waals surface area contributed by atoms with Gasteiger partial charge in [0.1, 0.15) is 6.10 Å². The molecular formula is C15H20N2O4. The first-order valence-corrected chi connectivity index (χ1v) is 7.40. The van der Waals surface area contributed by atoms with Crippen molar-refractivity contribution in [3.8, 4) is 5.88 Å². The van der Waals surface area contributed by atoms with E-state index >= 15 is 0 Å². The first-order valence-electron chi connectivity index (χ1n) is 7.40. The van der Waals surface area contributed by atoms with Gasteiger partial charge in [0.05, 0.1) is 19.3 Å². The molecule has 2 aliphatic heterocycles. The molecule has 0 saturated carbocycles. The number of hydrogen-bond donors (Lipinski definition) is 1. The second kappa shape index (κ2) is 6.41. The summed E-state index contributed by atoms with van der Waals surface area (Å²) in [5, 5.41) is 9.50. The highest BCUT2D eigenvalue weighted by molar-refractivity contribution is 5.94. The lowest BCUT2D eigenvalue weighted by molar-refractivity contribution is 0.0545. The molecule has 1 unspecified atom stereocenters. The Balaban J connectivity index is 1.65. The van der Waals surface area contributed by atoms with Crippen LogP contribution in [0, 0.1) is 0 Å². The van der Waals surface area contributed by atoms with Crippen LogP contribution in [-0.4, -0.2) is 59.4 Å². The molecule has 1 N–H and O–H groups in total.